The van der Waals surface area contributed by atoms with Gasteiger partial charge in [0.15, 0.2) is 0 Å². The number of sulfonamides is 1. The van der Waals surface area contributed by atoms with Crippen LogP contribution in [0.4, 0.5) is 10.1 Å². The number of benzene rings is 2. The minimum absolute atomic E-state index is 0.0362. The Bertz CT molecular complexity index is 1180. The van der Waals surface area contributed by atoms with E-state index in [1.807, 2.05) is 0 Å². The number of amides is 2. The zero-order valence-electron chi connectivity index (χ0n) is 19.5. The first-order chi connectivity index (χ1) is 16.1. The number of piperazine rings is 1. The Balaban J connectivity index is 1.73. The molecule has 2 fully saturated rings. The lowest BCUT2D eigenvalue weighted by Gasteiger charge is -2.47. The molecule has 0 radical (unpaired) electrons. The summed E-state index contributed by atoms with van der Waals surface area (Å²) in [6, 6.07) is 12.2. The van der Waals surface area contributed by atoms with Crippen molar-refractivity contribution in [2.24, 2.45) is 0 Å². The zero-order valence-corrected chi connectivity index (χ0v) is 20.3. The fourth-order valence-electron chi connectivity index (χ4n) is 4.79. The van der Waals surface area contributed by atoms with E-state index in [1.54, 1.807) is 44.2 Å². The molecular formula is C25H30FN3O4S. The fourth-order valence-corrected chi connectivity index (χ4v) is 6.29. The minimum Gasteiger partial charge on any atom is -0.351 e. The molecule has 4 rings (SSSR count). The largest absolute Gasteiger partial charge is 0.351 e. The lowest BCUT2D eigenvalue weighted by Crippen LogP contribution is -2.70. The Morgan fingerprint density at radius 1 is 1.09 bits per heavy atom. The summed E-state index contributed by atoms with van der Waals surface area (Å²) in [4.78, 5) is 28.4. The molecule has 34 heavy (non-hydrogen) atoms. The van der Waals surface area contributed by atoms with Crippen molar-refractivity contribution in [1.82, 2.24) is 9.62 Å². The Morgan fingerprint density at radius 2 is 1.76 bits per heavy atom. The van der Waals surface area contributed by atoms with E-state index in [4.69, 9.17) is 0 Å². The summed E-state index contributed by atoms with van der Waals surface area (Å²) < 4.78 is 42.2. The summed E-state index contributed by atoms with van der Waals surface area (Å²) in [6.45, 7) is 2.47. The van der Waals surface area contributed by atoms with Crippen molar-refractivity contribution in [3.05, 3.63) is 59.9 Å². The van der Waals surface area contributed by atoms with E-state index in [1.165, 1.54) is 23.1 Å². The number of nitrogens with zero attached hydrogens (tertiary/aromatic N) is 2. The molecule has 0 spiro atoms. The quantitative estimate of drug-likeness (QED) is 0.701. The van der Waals surface area contributed by atoms with Gasteiger partial charge in [0.2, 0.25) is 21.8 Å². The van der Waals surface area contributed by atoms with E-state index in [-0.39, 0.29) is 23.2 Å². The first kappa shape index (κ1) is 24.3. The molecule has 2 amide bonds. The van der Waals surface area contributed by atoms with Crippen LogP contribution >= 0.6 is 0 Å². The molecule has 2 aliphatic rings. The van der Waals surface area contributed by atoms with Crippen LogP contribution in [0.25, 0.3) is 0 Å². The highest BCUT2D eigenvalue weighted by atomic mass is 32.2. The van der Waals surface area contributed by atoms with E-state index in [0.29, 0.717) is 5.56 Å². The van der Waals surface area contributed by atoms with Crippen molar-refractivity contribution in [3.63, 3.8) is 0 Å². The summed E-state index contributed by atoms with van der Waals surface area (Å²) in [5.74, 6) is -1.53. The molecular weight excluding hydrogens is 457 g/mol. The highest BCUT2D eigenvalue weighted by Crippen LogP contribution is 2.33. The third-order valence-corrected chi connectivity index (χ3v) is 8.57. The van der Waals surface area contributed by atoms with Crippen LogP contribution in [0.1, 0.15) is 44.6 Å². The van der Waals surface area contributed by atoms with Gasteiger partial charge in [0.05, 0.1) is 11.4 Å². The van der Waals surface area contributed by atoms with Gasteiger partial charge in [0.25, 0.3) is 0 Å². The van der Waals surface area contributed by atoms with Gasteiger partial charge in [-0.1, -0.05) is 43.5 Å². The van der Waals surface area contributed by atoms with Gasteiger partial charge < -0.3 is 5.32 Å². The second kappa shape index (κ2) is 9.46. The number of rotatable bonds is 5. The molecule has 1 aliphatic carbocycles. The average Bonchev–Trinajstić information content (AvgIpc) is 2.82. The van der Waals surface area contributed by atoms with E-state index in [0.717, 1.165) is 36.4 Å². The van der Waals surface area contributed by atoms with Crippen LogP contribution in [-0.2, 0) is 19.6 Å². The molecule has 0 bridgehead atoms. The fraction of sp³-hybridized carbons (Fsp3) is 0.440. The van der Waals surface area contributed by atoms with Crippen LogP contribution in [0.15, 0.2) is 53.4 Å². The highest BCUT2D eigenvalue weighted by Gasteiger charge is 2.51. The molecule has 1 N–H and O–H groups in total. The first-order valence-corrected chi connectivity index (χ1v) is 13.0. The summed E-state index contributed by atoms with van der Waals surface area (Å²) in [5.41, 5.74) is -0.919. The highest BCUT2D eigenvalue weighted by molar-refractivity contribution is 7.89. The van der Waals surface area contributed by atoms with Crippen LogP contribution in [0.5, 0.6) is 0 Å². The van der Waals surface area contributed by atoms with Gasteiger partial charge in [-0.2, -0.15) is 4.31 Å². The average molecular weight is 488 g/mol. The van der Waals surface area contributed by atoms with Gasteiger partial charge in [-0.25, -0.2) is 12.8 Å². The third kappa shape index (κ3) is 4.59. The molecule has 1 aliphatic heterocycles. The normalized spacial score (nSPS) is 22.6. The Hall–Kier alpha value is -2.78. The van der Waals surface area contributed by atoms with Gasteiger partial charge in [-0.15, -0.1) is 0 Å². The van der Waals surface area contributed by atoms with E-state index >= 15 is 0 Å². The zero-order chi connectivity index (χ0) is 24.5. The van der Waals surface area contributed by atoms with Gasteiger partial charge in [0.1, 0.15) is 11.4 Å². The topological polar surface area (TPSA) is 86.8 Å². The molecule has 2 aromatic rings. The maximum atomic E-state index is 14.4. The Morgan fingerprint density at radius 3 is 2.41 bits per heavy atom. The molecule has 1 saturated heterocycles. The molecule has 7 nitrogen and oxygen atoms in total. The van der Waals surface area contributed by atoms with Crippen molar-refractivity contribution < 1.29 is 22.4 Å². The summed E-state index contributed by atoms with van der Waals surface area (Å²) in [7, 11) is -4.02. The summed E-state index contributed by atoms with van der Waals surface area (Å²) >= 11 is 0. The van der Waals surface area contributed by atoms with E-state index < -0.39 is 39.7 Å². The Labute approximate surface area is 200 Å². The predicted octanol–water partition coefficient (Wildman–Crippen LogP) is 3.38. The maximum absolute atomic E-state index is 14.4. The molecule has 0 unspecified atom stereocenters. The van der Waals surface area contributed by atoms with E-state index in [9.17, 15) is 22.4 Å². The molecule has 0 aromatic heterocycles. The lowest BCUT2D eigenvalue weighted by molar-refractivity contribution is -0.133. The number of hydrogen-bond donors (Lipinski definition) is 1. The second-order valence-corrected chi connectivity index (χ2v) is 11.3. The van der Waals surface area contributed by atoms with Gasteiger partial charge in [0, 0.05) is 18.3 Å². The van der Waals surface area contributed by atoms with Gasteiger partial charge in [-0.05, 0) is 56.5 Å². The van der Waals surface area contributed by atoms with Crippen LogP contribution in [-0.4, -0.2) is 49.2 Å². The molecule has 1 saturated carbocycles. The Kier molecular flexibility index (Phi) is 6.78. The number of nitrogens with one attached hydrogen (secondary N) is 1. The molecule has 9 heteroatoms. The van der Waals surface area contributed by atoms with Crippen molar-refractivity contribution in [2.75, 3.05) is 18.0 Å². The van der Waals surface area contributed by atoms with Crippen LogP contribution in [0.2, 0.25) is 0 Å². The van der Waals surface area contributed by atoms with Crippen molar-refractivity contribution >= 4 is 27.5 Å². The second-order valence-electron chi connectivity index (χ2n) is 9.33. The molecule has 1 heterocycles. The molecule has 182 valence electrons. The van der Waals surface area contributed by atoms with Crippen LogP contribution in [0.3, 0.4) is 0 Å². The summed E-state index contributed by atoms with van der Waals surface area (Å²) in [5, 5.41) is 3.04. The van der Waals surface area contributed by atoms with Crippen molar-refractivity contribution in [2.45, 2.75) is 62.4 Å². The molecule has 1 atom stereocenters. The number of carbonyl (C=O) groups is 2. The predicted molar refractivity (Wildman–Crippen MR) is 127 cm³/mol. The lowest BCUT2D eigenvalue weighted by atomic mass is 9.91. The van der Waals surface area contributed by atoms with Crippen molar-refractivity contribution in [1.29, 1.82) is 0 Å². The first-order valence-electron chi connectivity index (χ1n) is 11.6. The smallest absolute Gasteiger partial charge is 0.247 e. The van der Waals surface area contributed by atoms with E-state index in [2.05, 4.69) is 5.32 Å². The van der Waals surface area contributed by atoms with Gasteiger partial charge in [-0.3, -0.25) is 14.5 Å². The van der Waals surface area contributed by atoms with Gasteiger partial charge >= 0.3 is 0 Å². The number of anilines is 1. The third-order valence-electron chi connectivity index (χ3n) is 6.76. The number of hydrogen-bond acceptors (Lipinski definition) is 4. The minimum atomic E-state index is -4.02. The maximum Gasteiger partial charge on any atom is 0.247 e. The number of aryl methyl sites for hydroxylation is 1. The summed E-state index contributed by atoms with van der Waals surface area (Å²) in [6.07, 6.45) is 4.78. The van der Waals surface area contributed by atoms with Crippen LogP contribution < -0.4 is 10.2 Å². The molecule has 2 aromatic carbocycles. The number of carbonyl (C=O) groups excluding carboxylic acids is 2. The standard InChI is InChI=1S/C25H30FN3O4S/c1-18-13-14-20(15-22(18)26)29-23(30)16-28(34(32,33)21-11-7-4-8-12-21)17-25(29,2)24(31)27-19-9-5-3-6-10-19/h4,7-8,11-15,19H,3,5-6,9-10,16-17H2,1-2H3,(H,27,31)/t25-/m1/s1. The van der Waals surface area contributed by atoms with Crippen molar-refractivity contribution in [3.8, 4) is 0 Å². The SMILES string of the molecule is Cc1ccc(N2C(=O)CN(S(=O)(=O)c3ccccc3)C[C@]2(C)C(=O)NC2CCCCC2)cc1F. The monoisotopic (exact) mass is 487 g/mol. The number of halogens is 1. The van der Waals surface area contributed by atoms with Crippen LogP contribution in [0, 0.1) is 12.7 Å².